The molecule has 0 fully saturated rings. The molecule has 0 nitrogen and oxygen atoms in total. The van der Waals surface area contributed by atoms with Gasteiger partial charge < -0.3 is 0 Å². The van der Waals surface area contributed by atoms with Crippen LogP contribution in [0, 0.1) is 5.82 Å². The third-order valence-electron chi connectivity index (χ3n) is 1.04. The Bertz CT molecular complexity index is 239. The molecular weight excluding hydrogens is 173 g/mol. The fraction of sp³-hybridized carbons (Fsp3) is 0. The number of halogens is 3. The van der Waals surface area contributed by atoms with Crippen LogP contribution >= 0.6 is 23.2 Å². The van der Waals surface area contributed by atoms with Gasteiger partial charge >= 0.3 is 0 Å². The van der Waals surface area contributed by atoms with E-state index in [0.717, 1.165) is 12.1 Å². The second-order valence-corrected chi connectivity index (χ2v) is 2.60. The lowest BCUT2D eigenvalue weighted by Crippen LogP contribution is -2.05. The Morgan fingerprint density at radius 1 is 1.20 bits per heavy atom. The van der Waals surface area contributed by atoms with E-state index < -0.39 is 5.82 Å². The summed E-state index contributed by atoms with van der Waals surface area (Å²) >= 11 is 10.9. The smallest absolute Gasteiger partial charge is 0.126 e. The van der Waals surface area contributed by atoms with Crippen LogP contribution in [0.15, 0.2) is 12.1 Å². The van der Waals surface area contributed by atoms with Crippen molar-refractivity contribution in [2.45, 2.75) is 0 Å². The highest BCUT2D eigenvalue weighted by Gasteiger charge is 2.01. The molecule has 0 heterocycles. The minimum absolute atomic E-state index is 0.144. The molecule has 0 saturated carbocycles. The quantitative estimate of drug-likeness (QED) is 0.528. The highest BCUT2D eigenvalue weighted by Crippen LogP contribution is 2.13. The van der Waals surface area contributed by atoms with Crippen molar-refractivity contribution in [1.82, 2.24) is 0 Å². The summed E-state index contributed by atoms with van der Waals surface area (Å²) in [6, 6.07) is 2.23. The Morgan fingerprint density at radius 3 is 2.00 bits per heavy atom. The van der Waals surface area contributed by atoms with Gasteiger partial charge in [0.25, 0.3) is 0 Å². The van der Waals surface area contributed by atoms with E-state index in [4.69, 9.17) is 31.0 Å². The van der Waals surface area contributed by atoms with E-state index in [1.807, 2.05) is 0 Å². The van der Waals surface area contributed by atoms with E-state index in [0.29, 0.717) is 0 Å². The maximum atomic E-state index is 12.4. The lowest BCUT2D eigenvalue weighted by molar-refractivity contribution is 0.628. The zero-order valence-corrected chi connectivity index (χ0v) is 6.38. The monoisotopic (exact) mass is 174 g/mol. The average molecular weight is 175 g/mol. The summed E-state index contributed by atoms with van der Waals surface area (Å²) in [5.74, 6) is -0.482. The van der Waals surface area contributed by atoms with E-state index in [2.05, 4.69) is 0 Å². The molecule has 1 rings (SSSR count). The van der Waals surface area contributed by atoms with Gasteiger partial charge in [0.15, 0.2) is 0 Å². The van der Waals surface area contributed by atoms with Gasteiger partial charge in [-0.15, -0.1) is 0 Å². The molecule has 0 aliphatic rings. The predicted molar refractivity (Wildman–Crippen MR) is 41.8 cm³/mol. The van der Waals surface area contributed by atoms with Crippen LogP contribution in [0.3, 0.4) is 0 Å². The minimum atomic E-state index is -0.482. The van der Waals surface area contributed by atoms with Gasteiger partial charge in [-0.3, -0.25) is 0 Å². The first-order chi connectivity index (χ1) is 4.61. The summed E-state index contributed by atoms with van der Waals surface area (Å²) in [5.41, 5.74) is 0.213. The normalized spacial score (nSPS) is 9.90. The van der Waals surface area contributed by atoms with Crippen molar-refractivity contribution < 1.29 is 4.39 Å². The van der Waals surface area contributed by atoms with E-state index in [1.165, 1.54) is 0 Å². The molecule has 50 valence electrons. The maximum absolute atomic E-state index is 12.4. The molecule has 1 aromatic rings. The highest BCUT2D eigenvalue weighted by atomic mass is 35.5. The van der Waals surface area contributed by atoms with E-state index in [1.54, 1.807) is 0 Å². The number of benzene rings is 1. The molecule has 0 amide bonds. The van der Waals surface area contributed by atoms with Crippen LogP contribution in [-0.2, 0) is 0 Å². The Kier molecular flexibility index (Phi) is 2.22. The Labute approximate surface area is 69.4 Å². The second-order valence-electron chi connectivity index (χ2n) is 1.78. The Morgan fingerprint density at radius 2 is 1.60 bits per heavy atom. The molecule has 0 unspecified atom stereocenters. The van der Waals surface area contributed by atoms with Crippen molar-refractivity contribution in [3.05, 3.63) is 28.0 Å². The number of hydrogen-bond donors (Lipinski definition) is 0. The molecular formula is C6H2BCl2F. The summed E-state index contributed by atoms with van der Waals surface area (Å²) in [6.45, 7) is 0. The van der Waals surface area contributed by atoms with Crippen LogP contribution in [0.25, 0.3) is 0 Å². The molecule has 0 atom stereocenters. The molecule has 10 heavy (non-hydrogen) atoms. The number of rotatable bonds is 0. The van der Waals surface area contributed by atoms with Gasteiger partial charge in [0, 0.05) is 10.0 Å². The van der Waals surface area contributed by atoms with Crippen molar-refractivity contribution in [2.75, 3.05) is 0 Å². The Balaban J connectivity index is 3.31. The van der Waals surface area contributed by atoms with Crippen molar-refractivity contribution in [3.63, 3.8) is 0 Å². The average Bonchev–Trinajstić information content (AvgIpc) is 1.82. The van der Waals surface area contributed by atoms with Gasteiger partial charge in [0.05, 0.1) is 0 Å². The number of hydrogen-bond acceptors (Lipinski definition) is 0. The molecule has 2 radical (unpaired) electrons. The second kappa shape index (κ2) is 2.81. The lowest BCUT2D eigenvalue weighted by Gasteiger charge is -1.99. The molecule has 0 saturated heterocycles. The third kappa shape index (κ3) is 1.44. The van der Waals surface area contributed by atoms with Crippen LogP contribution in [0.2, 0.25) is 10.0 Å². The van der Waals surface area contributed by atoms with Crippen molar-refractivity contribution in [1.29, 1.82) is 0 Å². The van der Waals surface area contributed by atoms with Gasteiger partial charge in [-0.05, 0) is 12.1 Å². The molecule has 0 spiro atoms. The third-order valence-corrected chi connectivity index (χ3v) is 1.67. The summed E-state index contributed by atoms with van der Waals surface area (Å²) in [6.07, 6.45) is 0. The first-order valence-corrected chi connectivity index (χ1v) is 3.27. The minimum Gasteiger partial charge on any atom is -0.207 e. The molecule has 1 aromatic carbocycles. The molecule has 4 heteroatoms. The van der Waals surface area contributed by atoms with E-state index >= 15 is 0 Å². The molecule has 0 aromatic heterocycles. The molecule has 0 bridgehead atoms. The van der Waals surface area contributed by atoms with Gasteiger partial charge in [-0.25, -0.2) is 4.39 Å². The molecule has 0 N–H and O–H groups in total. The SMILES string of the molecule is [B]c1c(Cl)cc(F)cc1Cl. The maximum Gasteiger partial charge on any atom is 0.126 e. The van der Waals surface area contributed by atoms with Gasteiger partial charge in [0.2, 0.25) is 0 Å². The van der Waals surface area contributed by atoms with E-state index in [-0.39, 0.29) is 15.5 Å². The summed E-state index contributed by atoms with van der Waals surface area (Å²) in [5, 5.41) is 0.287. The highest BCUT2D eigenvalue weighted by molar-refractivity contribution is 6.51. The van der Waals surface area contributed by atoms with Gasteiger partial charge in [-0.1, -0.05) is 28.7 Å². The summed E-state index contributed by atoms with van der Waals surface area (Å²) in [7, 11) is 5.32. The van der Waals surface area contributed by atoms with Crippen molar-refractivity contribution in [2.24, 2.45) is 0 Å². The van der Waals surface area contributed by atoms with Crippen molar-refractivity contribution in [3.8, 4) is 0 Å². The fourth-order valence-electron chi connectivity index (χ4n) is 0.553. The first kappa shape index (κ1) is 7.90. The van der Waals surface area contributed by atoms with Crippen LogP contribution in [-0.4, -0.2) is 7.85 Å². The van der Waals surface area contributed by atoms with Crippen LogP contribution in [0.1, 0.15) is 0 Å². The topological polar surface area (TPSA) is 0 Å². The van der Waals surface area contributed by atoms with E-state index in [9.17, 15) is 4.39 Å². The predicted octanol–water partition coefficient (Wildman–Crippen LogP) is 1.93. The van der Waals surface area contributed by atoms with Crippen LogP contribution in [0.4, 0.5) is 4.39 Å². The largest absolute Gasteiger partial charge is 0.207 e. The van der Waals surface area contributed by atoms with Crippen molar-refractivity contribution >= 4 is 36.5 Å². The zero-order chi connectivity index (χ0) is 7.72. The zero-order valence-electron chi connectivity index (χ0n) is 4.87. The van der Waals surface area contributed by atoms with Crippen LogP contribution in [0.5, 0.6) is 0 Å². The standard InChI is InChI=1S/C6H2BCl2F/c7-6-4(8)1-3(10)2-5(6)9/h1-2H. The van der Waals surface area contributed by atoms with Gasteiger partial charge in [0.1, 0.15) is 13.7 Å². The first-order valence-electron chi connectivity index (χ1n) is 2.51. The summed E-state index contributed by atoms with van der Waals surface area (Å²) < 4.78 is 12.4. The summed E-state index contributed by atoms with van der Waals surface area (Å²) in [4.78, 5) is 0. The lowest BCUT2D eigenvalue weighted by atomic mass is 9.96. The Hall–Kier alpha value is -0.205. The molecule has 0 aliphatic carbocycles. The molecule has 0 aliphatic heterocycles. The van der Waals surface area contributed by atoms with Gasteiger partial charge in [-0.2, -0.15) is 0 Å². The van der Waals surface area contributed by atoms with Crippen LogP contribution < -0.4 is 5.46 Å². The fourth-order valence-corrected chi connectivity index (χ4v) is 1.01.